The highest BCUT2D eigenvalue weighted by molar-refractivity contribution is 6.34. The molecule has 1 atom stereocenters. The SMILES string of the molecule is CCNC(CCCOCC)c1cc2cccc(Cl)c2o1. The summed E-state index contributed by atoms with van der Waals surface area (Å²) in [6, 6.07) is 8.12. The molecule has 3 nitrogen and oxygen atoms in total. The minimum absolute atomic E-state index is 0.212. The molecule has 0 aliphatic heterocycles. The van der Waals surface area contributed by atoms with Gasteiger partial charge in [-0.15, -0.1) is 0 Å². The number of ether oxygens (including phenoxy) is 1. The van der Waals surface area contributed by atoms with E-state index in [9.17, 15) is 0 Å². The van der Waals surface area contributed by atoms with Gasteiger partial charge in [-0.2, -0.15) is 0 Å². The number of para-hydroxylation sites is 1. The van der Waals surface area contributed by atoms with E-state index in [2.05, 4.69) is 18.3 Å². The molecule has 1 heterocycles. The Labute approximate surface area is 125 Å². The zero-order valence-corrected chi connectivity index (χ0v) is 12.9. The monoisotopic (exact) mass is 295 g/mol. The predicted octanol–water partition coefficient (Wildman–Crippen LogP) is 4.55. The van der Waals surface area contributed by atoms with Crippen LogP contribution in [0, 0.1) is 0 Å². The van der Waals surface area contributed by atoms with Crippen molar-refractivity contribution in [2.24, 2.45) is 0 Å². The fourth-order valence-corrected chi connectivity index (χ4v) is 2.56. The van der Waals surface area contributed by atoms with Crippen LogP contribution in [0.4, 0.5) is 0 Å². The van der Waals surface area contributed by atoms with Gasteiger partial charge < -0.3 is 14.5 Å². The van der Waals surface area contributed by atoms with Crippen molar-refractivity contribution in [2.75, 3.05) is 19.8 Å². The van der Waals surface area contributed by atoms with Gasteiger partial charge in [-0.25, -0.2) is 0 Å². The van der Waals surface area contributed by atoms with E-state index in [0.29, 0.717) is 5.02 Å². The Hall–Kier alpha value is -1.03. The standard InChI is InChI=1S/C16H22ClNO2/c1-3-18-14(9-6-10-19-4-2)15-11-12-7-5-8-13(17)16(12)20-15/h5,7-8,11,14,18H,3-4,6,9-10H2,1-2H3. The molecule has 0 spiro atoms. The van der Waals surface area contributed by atoms with Crippen molar-refractivity contribution in [3.05, 3.63) is 35.0 Å². The normalized spacial score (nSPS) is 12.9. The molecule has 1 aromatic heterocycles. The van der Waals surface area contributed by atoms with Gasteiger partial charge in [-0.05, 0) is 38.4 Å². The quantitative estimate of drug-likeness (QED) is 0.725. The van der Waals surface area contributed by atoms with E-state index in [0.717, 1.165) is 49.3 Å². The van der Waals surface area contributed by atoms with Crippen molar-refractivity contribution in [3.63, 3.8) is 0 Å². The molecule has 1 aromatic carbocycles. The lowest BCUT2D eigenvalue weighted by Gasteiger charge is -2.15. The van der Waals surface area contributed by atoms with Crippen molar-refractivity contribution in [3.8, 4) is 0 Å². The second-order valence-electron chi connectivity index (χ2n) is 4.76. The lowest BCUT2D eigenvalue weighted by Crippen LogP contribution is -2.20. The lowest BCUT2D eigenvalue weighted by atomic mass is 10.1. The maximum absolute atomic E-state index is 6.16. The highest BCUT2D eigenvalue weighted by atomic mass is 35.5. The highest BCUT2D eigenvalue weighted by Gasteiger charge is 2.16. The van der Waals surface area contributed by atoms with E-state index in [1.165, 1.54) is 0 Å². The fourth-order valence-electron chi connectivity index (χ4n) is 2.34. The Kier molecular flexibility index (Phi) is 5.89. The third-order valence-corrected chi connectivity index (χ3v) is 3.59. The van der Waals surface area contributed by atoms with Gasteiger partial charge in [0.25, 0.3) is 0 Å². The lowest BCUT2D eigenvalue weighted by molar-refractivity contribution is 0.140. The summed E-state index contributed by atoms with van der Waals surface area (Å²) in [5.41, 5.74) is 0.775. The van der Waals surface area contributed by atoms with E-state index >= 15 is 0 Å². The van der Waals surface area contributed by atoms with E-state index in [-0.39, 0.29) is 6.04 Å². The molecule has 0 saturated heterocycles. The smallest absolute Gasteiger partial charge is 0.152 e. The van der Waals surface area contributed by atoms with Gasteiger partial charge in [-0.3, -0.25) is 0 Å². The van der Waals surface area contributed by atoms with Crippen molar-refractivity contribution in [1.29, 1.82) is 0 Å². The molecule has 2 rings (SSSR count). The van der Waals surface area contributed by atoms with Crippen LogP contribution in [-0.4, -0.2) is 19.8 Å². The minimum atomic E-state index is 0.212. The number of nitrogens with one attached hydrogen (secondary N) is 1. The summed E-state index contributed by atoms with van der Waals surface area (Å²) in [4.78, 5) is 0. The van der Waals surface area contributed by atoms with Crippen LogP contribution >= 0.6 is 11.6 Å². The number of halogens is 1. The summed E-state index contributed by atoms with van der Waals surface area (Å²) in [5, 5.41) is 5.18. The zero-order valence-electron chi connectivity index (χ0n) is 12.1. The number of benzene rings is 1. The summed E-state index contributed by atoms with van der Waals surface area (Å²) >= 11 is 6.16. The molecule has 2 aromatic rings. The average Bonchev–Trinajstić information content (AvgIpc) is 2.88. The van der Waals surface area contributed by atoms with Crippen molar-refractivity contribution < 1.29 is 9.15 Å². The van der Waals surface area contributed by atoms with Crippen LogP contribution in [0.2, 0.25) is 5.02 Å². The maximum Gasteiger partial charge on any atom is 0.152 e. The largest absolute Gasteiger partial charge is 0.458 e. The first-order valence-corrected chi connectivity index (χ1v) is 7.63. The second kappa shape index (κ2) is 7.67. The summed E-state index contributed by atoms with van der Waals surface area (Å²) in [6.07, 6.45) is 2.00. The molecule has 0 radical (unpaired) electrons. The Morgan fingerprint density at radius 1 is 1.35 bits per heavy atom. The fraction of sp³-hybridized carbons (Fsp3) is 0.500. The second-order valence-corrected chi connectivity index (χ2v) is 5.16. The average molecular weight is 296 g/mol. The Balaban J connectivity index is 2.12. The third kappa shape index (κ3) is 3.75. The molecule has 0 amide bonds. The van der Waals surface area contributed by atoms with Crippen LogP contribution in [-0.2, 0) is 4.74 Å². The Morgan fingerprint density at radius 2 is 2.20 bits per heavy atom. The first-order valence-electron chi connectivity index (χ1n) is 7.25. The van der Waals surface area contributed by atoms with Crippen molar-refractivity contribution in [1.82, 2.24) is 5.32 Å². The molecule has 0 aliphatic carbocycles. The number of furan rings is 1. The van der Waals surface area contributed by atoms with Gasteiger partial charge in [0.05, 0.1) is 11.1 Å². The molecule has 0 fully saturated rings. The molecule has 20 heavy (non-hydrogen) atoms. The van der Waals surface area contributed by atoms with E-state index < -0.39 is 0 Å². The summed E-state index contributed by atoms with van der Waals surface area (Å²) in [5.74, 6) is 0.950. The summed E-state index contributed by atoms with van der Waals surface area (Å²) in [6.45, 7) is 6.59. The Morgan fingerprint density at radius 3 is 2.90 bits per heavy atom. The Bertz CT molecular complexity index is 538. The summed E-state index contributed by atoms with van der Waals surface area (Å²) in [7, 11) is 0. The highest BCUT2D eigenvalue weighted by Crippen LogP contribution is 2.30. The number of rotatable bonds is 8. The molecule has 110 valence electrons. The molecule has 0 bridgehead atoms. The molecule has 1 N–H and O–H groups in total. The van der Waals surface area contributed by atoms with Gasteiger partial charge in [0.2, 0.25) is 0 Å². The van der Waals surface area contributed by atoms with Crippen molar-refractivity contribution >= 4 is 22.6 Å². The number of hydrogen-bond acceptors (Lipinski definition) is 3. The topological polar surface area (TPSA) is 34.4 Å². The molecule has 4 heteroatoms. The molecule has 1 unspecified atom stereocenters. The van der Waals surface area contributed by atoms with Crippen LogP contribution in [0.5, 0.6) is 0 Å². The van der Waals surface area contributed by atoms with E-state index in [1.807, 2.05) is 25.1 Å². The van der Waals surface area contributed by atoms with Gasteiger partial charge in [0.15, 0.2) is 5.58 Å². The van der Waals surface area contributed by atoms with Crippen LogP contribution in [0.3, 0.4) is 0 Å². The van der Waals surface area contributed by atoms with Crippen LogP contribution in [0.25, 0.3) is 11.0 Å². The molecular weight excluding hydrogens is 274 g/mol. The van der Waals surface area contributed by atoms with Crippen LogP contribution in [0.1, 0.15) is 38.5 Å². The zero-order chi connectivity index (χ0) is 14.4. The van der Waals surface area contributed by atoms with Crippen LogP contribution < -0.4 is 5.32 Å². The van der Waals surface area contributed by atoms with Gasteiger partial charge >= 0.3 is 0 Å². The minimum Gasteiger partial charge on any atom is -0.458 e. The van der Waals surface area contributed by atoms with Gasteiger partial charge in [0.1, 0.15) is 5.76 Å². The third-order valence-electron chi connectivity index (χ3n) is 3.29. The van der Waals surface area contributed by atoms with Crippen molar-refractivity contribution in [2.45, 2.75) is 32.7 Å². The van der Waals surface area contributed by atoms with E-state index in [4.69, 9.17) is 20.8 Å². The predicted molar refractivity (Wildman–Crippen MR) is 83.4 cm³/mol. The molecule has 0 saturated carbocycles. The number of hydrogen-bond donors (Lipinski definition) is 1. The summed E-state index contributed by atoms with van der Waals surface area (Å²) < 4.78 is 11.3. The van der Waals surface area contributed by atoms with Crippen LogP contribution in [0.15, 0.2) is 28.7 Å². The molecular formula is C16H22ClNO2. The maximum atomic E-state index is 6.16. The van der Waals surface area contributed by atoms with Gasteiger partial charge in [0, 0.05) is 18.6 Å². The van der Waals surface area contributed by atoms with E-state index in [1.54, 1.807) is 0 Å². The number of fused-ring (bicyclic) bond motifs is 1. The first-order chi connectivity index (χ1) is 9.76. The molecule has 0 aliphatic rings. The van der Waals surface area contributed by atoms with Gasteiger partial charge in [-0.1, -0.05) is 30.7 Å². The first kappa shape index (κ1) is 15.4.